The van der Waals surface area contributed by atoms with Crippen molar-refractivity contribution in [1.29, 1.82) is 0 Å². The van der Waals surface area contributed by atoms with Crippen LogP contribution in [-0.4, -0.2) is 9.13 Å². The third kappa shape index (κ3) is 1.56. The van der Waals surface area contributed by atoms with Gasteiger partial charge in [-0.2, -0.15) is 0 Å². The van der Waals surface area contributed by atoms with E-state index in [1.165, 1.54) is 17.9 Å². The molecule has 0 aliphatic carbocycles. The van der Waals surface area contributed by atoms with Gasteiger partial charge < -0.3 is 9.15 Å². The van der Waals surface area contributed by atoms with Crippen LogP contribution < -0.4 is 16.0 Å². The van der Waals surface area contributed by atoms with Gasteiger partial charge in [-0.25, -0.2) is 4.79 Å². The number of aromatic nitrogens is 2. The first-order valence-corrected chi connectivity index (χ1v) is 5.78. The molecule has 0 N–H and O–H groups in total. The number of rotatable bonds is 1. The average molecular weight is 260 g/mol. The van der Waals surface area contributed by atoms with Crippen LogP contribution in [0.4, 0.5) is 0 Å². The smallest absolute Gasteiger partial charge is 0.333 e. The highest BCUT2D eigenvalue weighted by Gasteiger charge is 2.28. The van der Waals surface area contributed by atoms with Crippen LogP contribution in [0.15, 0.2) is 44.7 Å². The van der Waals surface area contributed by atoms with Crippen molar-refractivity contribution in [2.24, 2.45) is 14.1 Å². The van der Waals surface area contributed by atoms with E-state index < -0.39 is 5.69 Å². The van der Waals surface area contributed by atoms with Gasteiger partial charge in [0.2, 0.25) is 5.88 Å². The van der Waals surface area contributed by atoms with E-state index in [-0.39, 0.29) is 17.4 Å². The van der Waals surface area contributed by atoms with Gasteiger partial charge in [-0.05, 0) is 18.2 Å². The third-order valence-corrected chi connectivity index (χ3v) is 3.26. The molecule has 0 saturated carbocycles. The summed E-state index contributed by atoms with van der Waals surface area (Å²) in [5.74, 6) is 0.554. The molecule has 0 bridgehead atoms. The van der Waals surface area contributed by atoms with E-state index in [0.717, 1.165) is 4.57 Å². The lowest BCUT2D eigenvalue weighted by molar-refractivity contribution is 0.390. The van der Waals surface area contributed by atoms with E-state index in [2.05, 4.69) is 0 Å². The molecule has 0 fully saturated rings. The predicted octanol–water partition coefficient (Wildman–Crippen LogP) is 0.715. The van der Waals surface area contributed by atoms with Gasteiger partial charge in [0.15, 0.2) is 0 Å². The van der Waals surface area contributed by atoms with Crippen LogP contribution in [0.25, 0.3) is 0 Å². The highest BCUT2D eigenvalue weighted by atomic mass is 16.5. The Balaban J connectivity index is 2.34. The molecule has 0 saturated heterocycles. The second-order valence-electron chi connectivity index (χ2n) is 4.36. The quantitative estimate of drug-likeness (QED) is 0.757. The molecule has 98 valence electrons. The first kappa shape index (κ1) is 11.6. The van der Waals surface area contributed by atoms with Crippen LogP contribution in [0, 0.1) is 0 Å². The van der Waals surface area contributed by atoms with Crippen molar-refractivity contribution >= 4 is 0 Å². The Morgan fingerprint density at radius 3 is 2.68 bits per heavy atom. The lowest BCUT2D eigenvalue weighted by Gasteiger charge is -2.21. The summed E-state index contributed by atoms with van der Waals surface area (Å²) in [4.78, 5) is 24.1. The summed E-state index contributed by atoms with van der Waals surface area (Å²) in [6.07, 6.45) is 4.74. The number of fused-ring (bicyclic) bond motifs is 1. The average Bonchev–Trinajstić information content (AvgIpc) is 2.96. The summed E-state index contributed by atoms with van der Waals surface area (Å²) in [5.41, 5.74) is -0.386. The van der Waals surface area contributed by atoms with Gasteiger partial charge in [-0.1, -0.05) is 0 Å². The van der Waals surface area contributed by atoms with Gasteiger partial charge in [-0.15, -0.1) is 0 Å². The fraction of sp³-hybridized carbons (Fsp3) is 0.231. The maximum Gasteiger partial charge on any atom is 0.333 e. The summed E-state index contributed by atoms with van der Waals surface area (Å²) in [7, 11) is 3.02. The molecular formula is C13H12N2O4. The highest BCUT2D eigenvalue weighted by Crippen LogP contribution is 2.32. The topological polar surface area (TPSA) is 66.4 Å². The predicted molar refractivity (Wildman–Crippen MR) is 67.2 cm³/mol. The van der Waals surface area contributed by atoms with E-state index in [9.17, 15) is 9.59 Å². The van der Waals surface area contributed by atoms with Crippen molar-refractivity contribution in [1.82, 2.24) is 9.13 Å². The monoisotopic (exact) mass is 260 g/mol. The Kier molecular flexibility index (Phi) is 2.45. The maximum atomic E-state index is 12.3. The van der Waals surface area contributed by atoms with E-state index in [1.807, 2.05) is 0 Å². The largest absolute Gasteiger partial charge is 0.468 e. The number of ether oxygens (including phenoxy) is 1. The highest BCUT2D eigenvalue weighted by molar-refractivity contribution is 5.40. The summed E-state index contributed by atoms with van der Waals surface area (Å²) in [6, 6.07) is 3.54. The molecule has 2 aromatic heterocycles. The zero-order valence-corrected chi connectivity index (χ0v) is 10.5. The molecule has 1 aliphatic rings. The number of furan rings is 1. The molecule has 0 aromatic carbocycles. The van der Waals surface area contributed by atoms with Crippen LogP contribution in [0.3, 0.4) is 0 Å². The fourth-order valence-corrected chi connectivity index (χ4v) is 2.24. The number of allylic oxidation sites excluding steroid dienone is 1. The second-order valence-corrected chi connectivity index (χ2v) is 4.36. The Hall–Kier alpha value is -2.50. The van der Waals surface area contributed by atoms with Gasteiger partial charge in [0, 0.05) is 14.1 Å². The van der Waals surface area contributed by atoms with E-state index in [0.29, 0.717) is 11.3 Å². The van der Waals surface area contributed by atoms with Gasteiger partial charge >= 0.3 is 5.69 Å². The maximum absolute atomic E-state index is 12.3. The van der Waals surface area contributed by atoms with Crippen molar-refractivity contribution in [2.45, 2.75) is 5.92 Å². The molecule has 0 radical (unpaired) electrons. The minimum absolute atomic E-state index is 0.261. The number of hydrogen-bond acceptors (Lipinski definition) is 4. The third-order valence-electron chi connectivity index (χ3n) is 3.26. The fourth-order valence-electron chi connectivity index (χ4n) is 2.24. The van der Waals surface area contributed by atoms with Gasteiger partial charge in [0.1, 0.15) is 5.76 Å². The molecule has 6 heteroatoms. The van der Waals surface area contributed by atoms with E-state index in [4.69, 9.17) is 9.15 Å². The first-order valence-electron chi connectivity index (χ1n) is 5.78. The van der Waals surface area contributed by atoms with Crippen molar-refractivity contribution in [3.8, 4) is 5.88 Å². The summed E-state index contributed by atoms with van der Waals surface area (Å²) in [5, 5.41) is 0. The van der Waals surface area contributed by atoms with Gasteiger partial charge in [-0.3, -0.25) is 13.9 Å². The van der Waals surface area contributed by atoms with Crippen molar-refractivity contribution in [3.05, 3.63) is 62.9 Å². The molecule has 3 rings (SSSR count). The van der Waals surface area contributed by atoms with E-state index >= 15 is 0 Å². The molecule has 1 aliphatic heterocycles. The van der Waals surface area contributed by atoms with Crippen LogP contribution >= 0.6 is 0 Å². The van der Waals surface area contributed by atoms with Crippen molar-refractivity contribution < 1.29 is 9.15 Å². The Bertz CT molecular complexity index is 765. The minimum Gasteiger partial charge on any atom is -0.468 e. The molecule has 2 aromatic rings. The molecule has 6 nitrogen and oxygen atoms in total. The minimum atomic E-state index is -0.419. The van der Waals surface area contributed by atoms with E-state index in [1.54, 1.807) is 31.5 Å². The summed E-state index contributed by atoms with van der Waals surface area (Å²) >= 11 is 0. The Morgan fingerprint density at radius 2 is 2.00 bits per heavy atom. The van der Waals surface area contributed by atoms with Crippen LogP contribution in [0.2, 0.25) is 0 Å². The summed E-state index contributed by atoms with van der Waals surface area (Å²) in [6.45, 7) is 0. The van der Waals surface area contributed by atoms with Crippen LogP contribution in [-0.2, 0) is 14.1 Å². The molecule has 0 spiro atoms. The molecule has 19 heavy (non-hydrogen) atoms. The molecule has 3 heterocycles. The second kappa shape index (κ2) is 4.01. The van der Waals surface area contributed by atoms with Gasteiger partial charge in [0.05, 0.1) is 24.0 Å². The Labute approximate surface area is 108 Å². The zero-order valence-electron chi connectivity index (χ0n) is 10.5. The lowest BCUT2D eigenvalue weighted by Crippen LogP contribution is -2.40. The number of hydrogen-bond donors (Lipinski definition) is 0. The van der Waals surface area contributed by atoms with Crippen LogP contribution in [0.1, 0.15) is 17.2 Å². The SMILES string of the molecule is Cn1c2c(c(=O)n(C)c1=O)C(c1ccco1)C=CO2. The zero-order chi connectivity index (χ0) is 13.6. The van der Waals surface area contributed by atoms with Crippen molar-refractivity contribution in [2.75, 3.05) is 0 Å². The lowest BCUT2D eigenvalue weighted by atomic mass is 9.97. The first-order chi connectivity index (χ1) is 9.11. The van der Waals surface area contributed by atoms with Crippen LogP contribution in [0.5, 0.6) is 5.88 Å². The standard InChI is InChI=1S/C13H12N2O4/c1-14-11(16)10-8(9-4-3-6-18-9)5-7-19-12(10)15(2)13(14)17/h3-8H,1-2H3. The molecule has 1 atom stereocenters. The number of nitrogens with zero attached hydrogens (tertiary/aromatic N) is 2. The van der Waals surface area contributed by atoms with Crippen molar-refractivity contribution in [3.63, 3.8) is 0 Å². The Morgan fingerprint density at radius 1 is 1.21 bits per heavy atom. The molecular weight excluding hydrogens is 248 g/mol. The summed E-state index contributed by atoms with van der Waals surface area (Å²) < 4.78 is 13.1. The molecule has 0 amide bonds. The molecule has 1 unspecified atom stereocenters. The normalized spacial score (nSPS) is 17.1. The van der Waals surface area contributed by atoms with Gasteiger partial charge in [0.25, 0.3) is 5.56 Å².